The summed E-state index contributed by atoms with van der Waals surface area (Å²) in [7, 11) is 0. The number of anilines is 4. The minimum atomic E-state index is 1.05. The Labute approximate surface area is 176 Å². The van der Waals surface area contributed by atoms with Crippen LogP contribution in [0.1, 0.15) is 0 Å². The van der Waals surface area contributed by atoms with Gasteiger partial charge in [-0.2, -0.15) is 0 Å². The van der Waals surface area contributed by atoms with Crippen molar-refractivity contribution in [3.63, 3.8) is 0 Å². The Morgan fingerprint density at radius 1 is 0.400 bits per heavy atom. The van der Waals surface area contributed by atoms with Gasteiger partial charge in [0.05, 0.1) is 0 Å². The molecule has 0 aliphatic carbocycles. The largest absolute Gasteiger partial charge is 0.355 e. The van der Waals surface area contributed by atoms with E-state index in [4.69, 9.17) is 0 Å². The first kappa shape index (κ1) is 18.0. The van der Waals surface area contributed by atoms with Gasteiger partial charge in [0, 0.05) is 22.7 Å². The molecular formula is C28H22N2. The van der Waals surface area contributed by atoms with Crippen LogP contribution in [0.2, 0.25) is 0 Å². The Kier molecular flexibility index (Phi) is 4.89. The Hall–Kier alpha value is -4.04. The second kappa shape index (κ2) is 8.14. The van der Waals surface area contributed by atoms with E-state index < -0.39 is 0 Å². The van der Waals surface area contributed by atoms with Crippen LogP contribution in [0, 0.1) is 0 Å². The highest BCUT2D eigenvalue weighted by atomic mass is 14.9. The molecule has 0 bridgehead atoms. The van der Waals surface area contributed by atoms with E-state index in [-0.39, 0.29) is 0 Å². The molecule has 5 aromatic rings. The molecule has 5 aromatic carbocycles. The average molecular weight is 386 g/mol. The molecule has 0 spiro atoms. The first-order valence-electron chi connectivity index (χ1n) is 10.1. The minimum Gasteiger partial charge on any atom is -0.355 e. The summed E-state index contributed by atoms with van der Waals surface area (Å²) >= 11 is 0. The molecule has 2 nitrogen and oxygen atoms in total. The van der Waals surface area contributed by atoms with Crippen LogP contribution in [0.25, 0.3) is 21.9 Å². The van der Waals surface area contributed by atoms with Crippen molar-refractivity contribution in [1.82, 2.24) is 0 Å². The monoisotopic (exact) mass is 386 g/mol. The summed E-state index contributed by atoms with van der Waals surface area (Å²) in [6, 6.07) is 42.1. The molecule has 0 unspecified atom stereocenters. The third kappa shape index (κ3) is 3.89. The molecule has 2 heteroatoms. The highest BCUT2D eigenvalue weighted by Crippen LogP contribution is 2.31. The normalized spacial score (nSPS) is 10.7. The number of benzene rings is 5. The SMILES string of the molecule is c1ccc(Nc2cccc(Nc3cccc(-c4cccc5ccccc45)c3)c2)cc1. The molecule has 2 N–H and O–H groups in total. The van der Waals surface area contributed by atoms with Gasteiger partial charge in [-0.05, 0) is 64.4 Å². The number of nitrogens with one attached hydrogen (secondary N) is 2. The number of rotatable bonds is 5. The van der Waals surface area contributed by atoms with Crippen LogP contribution in [0.5, 0.6) is 0 Å². The number of para-hydroxylation sites is 1. The Bertz CT molecular complexity index is 1290. The van der Waals surface area contributed by atoms with Crippen LogP contribution in [0.15, 0.2) is 121 Å². The fraction of sp³-hybridized carbons (Fsp3) is 0. The molecule has 5 rings (SSSR count). The van der Waals surface area contributed by atoms with E-state index >= 15 is 0 Å². The molecule has 0 amide bonds. The molecule has 30 heavy (non-hydrogen) atoms. The summed E-state index contributed by atoms with van der Waals surface area (Å²) < 4.78 is 0. The van der Waals surface area contributed by atoms with Crippen LogP contribution in [-0.2, 0) is 0 Å². The van der Waals surface area contributed by atoms with E-state index in [2.05, 4.69) is 114 Å². The van der Waals surface area contributed by atoms with E-state index in [0.29, 0.717) is 0 Å². The Morgan fingerprint density at radius 3 is 1.80 bits per heavy atom. The quantitative estimate of drug-likeness (QED) is 0.320. The van der Waals surface area contributed by atoms with Gasteiger partial charge in [0.15, 0.2) is 0 Å². The second-order valence-electron chi connectivity index (χ2n) is 7.30. The fourth-order valence-electron chi connectivity index (χ4n) is 3.77. The van der Waals surface area contributed by atoms with Gasteiger partial charge in [-0.25, -0.2) is 0 Å². The fourth-order valence-corrected chi connectivity index (χ4v) is 3.77. The van der Waals surface area contributed by atoms with Gasteiger partial charge in [-0.1, -0.05) is 78.9 Å². The minimum absolute atomic E-state index is 1.05. The zero-order valence-electron chi connectivity index (χ0n) is 16.5. The molecule has 0 heterocycles. The van der Waals surface area contributed by atoms with Crippen LogP contribution in [-0.4, -0.2) is 0 Å². The first-order chi connectivity index (χ1) is 14.8. The van der Waals surface area contributed by atoms with Crippen LogP contribution < -0.4 is 10.6 Å². The van der Waals surface area contributed by atoms with Gasteiger partial charge in [0.25, 0.3) is 0 Å². The van der Waals surface area contributed by atoms with E-state index in [1.54, 1.807) is 0 Å². The van der Waals surface area contributed by atoms with E-state index in [9.17, 15) is 0 Å². The molecule has 0 radical (unpaired) electrons. The van der Waals surface area contributed by atoms with E-state index in [0.717, 1.165) is 22.7 Å². The predicted molar refractivity (Wildman–Crippen MR) is 129 cm³/mol. The van der Waals surface area contributed by atoms with Gasteiger partial charge in [0.1, 0.15) is 0 Å². The molecule has 0 saturated carbocycles. The summed E-state index contributed by atoms with van der Waals surface area (Å²) in [5.74, 6) is 0. The summed E-state index contributed by atoms with van der Waals surface area (Å²) in [6.45, 7) is 0. The standard InChI is InChI=1S/C28H22N2/c1-2-12-23(13-3-1)29-25-15-8-16-26(20-25)30-24-14-6-11-22(19-24)28-18-7-10-21-9-4-5-17-27(21)28/h1-20,29-30H. The third-order valence-electron chi connectivity index (χ3n) is 5.18. The van der Waals surface area contributed by atoms with Crippen molar-refractivity contribution in [2.24, 2.45) is 0 Å². The molecule has 0 aromatic heterocycles. The summed E-state index contributed by atoms with van der Waals surface area (Å²) in [6.07, 6.45) is 0. The zero-order valence-corrected chi connectivity index (χ0v) is 16.5. The lowest BCUT2D eigenvalue weighted by Crippen LogP contribution is -1.94. The number of hydrogen-bond donors (Lipinski definition) is 2. The first-order valence-corrected chi connectivity index (χ1v) is 10.1. The van der Waals surface area contributed by atoms with Gasteiger partial charge < -0.3 is 10.6 Å². The molecule has 0 saturated heterocycles. The highest BCUT2D eigenvalue weighted by Gasteiger charge is 2.05. The van der Waals surface area contributed by atoms with E-state index in [1.165, 1.54) is 21.9 Å². The van der Waals surface area contributed by atoms with Crippen LogP contribution in [0.4, 0.5) is 22.7 Å². The lowest BCUT2D eigenvalue weighted by atomic mass is 9.98. The van der Waals surface area contributed by atoms with Gasteiger partial charge in [0.2, 0.25) is 0 Å². The van der Waals surface area contributed by atoms with Gasteiger partial charge in [-0.15, -0.1) is 0 Å². The predicted octanol–water partition coefficient (Wildman–Crippen LogP) is 7.99. The summed E-state index contributed by atoms with van der Waals surface area (Å²) in [4.78, 5) is 0. The van der Waals surface area contributed by atoms with Crippen LogP contribution in [0.3, 0.4) is 0 Å². The zero-order chi connectivity index (χ0) is 20.2. The molecule has 0 aliphatic heterocycles. The number of hydrogen-bond acceptors (Lipinski definition) is 2. The Morgan fingerprint density at radius 2 is 0.967 bits per heavy atom. The molecule has 0 aliphatic rings. The maximum atomic E-state index is 3.55. The van der Waals surface area contributed by atoms with Crippen molar-refractivity contribution in [3.8, 4) is 11.1 Å². The van der Waals surface area contributed by atoms with Crippen molar-refractivity contribution >= 4 is 33.5 Å². The van der Waals surface area contributed by atoms with Crippen molar-refractivity contribution < 1.29 is 0 Å². The smallest absolute Gasteiger partial charge is 0.0405 e. The third-order valence-corrected chi connectivity index (χ3v) is 5.18. The number of fused-ring (bicyclic) bond motifs is 1. The molecule has 0 fully saturated rings. The topological polar surface area (TPSA) is 24.1 Å². The van der Waals surface area contributed by atoms with Crippen molar-refractivity contribution in [2.75, 3.05) is 10.6 Å². The molecule has 144 valence electrons. The van der Waals surface area contributed by atoms with E-state index in [1.807, 2.05) is 18.2 Å². The average Bonchev–Trinajstić information content (AvgIpc) is 2.80. The second-order valence-corrected chi connectivity index (χ2v) is 7.30. The van der Waals surface area contributed by atoms with Crippen molar-refractivity contribution in [3.05, 3.63) is 121 Å². The molecule has 0 atom stereocenters. The highest BCUT2D eigenvalue weighted by molar-refractivity contribution is 5.97. The maximum Gasteiger partial charge on any atom is 0.0405 e. The summed E-state index contributed by atoms with van der Waals surface area (Å²) in [5, 5.41) is 9.52. The van der Waals surface area contributed by atoms with Crippen molar-refractivity contribution in [1.29, 1.82) is 0 Å². The lowest BCUT2D eigenvalue weighted by Gasteiger charge is -2.12. The lowest BCUT2D eigenvalue weighted by molar-refractivity contribution is 1.51. The van der Waals surface area contributed by atoms with Crippen LogP contribution >= 0.6 is 0 Å². The van der Waals surface area contributed by atoms with Gasteiger partial charge in [-0.3, -0.25) is 0 Å². The summed E-state index contributed by atoms with van der Waals surface area (Å²) in [5.41, 5.74) is 6.69. The molecular weight excluding hydrogens is 364 g/mol. The van der Waals surface area contributed by atoms with Gasteiger partial charge >= 0.3 is 0 Å². The maximum absolute atomic E-state index is 3.55. The van der Waals surface area contributed by atoms with Crippen molar-refractivity contribution in [2.45, 2.75) is 0 Å². The Balaban J connectivity index is 1.42.